The van der Waals surface area contributed by atoms with Gasteiger partial charge in [-0.15, -0.1) is 0 Å². The average molecular weight is 278 g/mol. The summed E-state index contributed by atoms with van der Waals surface area (Å²) >= 11 is 0. The summed E-state index contributed by atoms with van der Waals surface area (Å²) in [6, 6.07) is 4.44. The van der Waals surface area contributed by atoms with Gasteiger partial charge in [-0.05, 0) is 18.6 Å². The first kappa shape index (κ1) is 13.5. The Kier molecular flexibility index (Phi) is 3.93. The Morgan fingerprint density at radius 1 is 1.30 bits per heavy atom. The molecule has 3 rings (SSSR count). The summed E-state index contributed by atoms with van der Waals surface area (Å²) in [6.07, 6.45) is 1.17. The maximum atomic E-state index is 5.81. The molecule has 2 N–H and O–H groups in total. The van der Waals surface area contributed by atoms with Gasteiger partial charge in [0.2, 0.25) is 5.88 Å². The molecule has 0 aromatic carbocycles. The maximum absolute atomic E-state index is 5.81. The Balaban J connectivity index is 1.67. The molecule has 1 aromatic heterocycles. The van der Waals surface area contributed by atoms with E-state index in [2.05, 4.69) is 14.8 Å². The second-order valence-corrected chi connectivity index (χ2v) is 5.30. The lowest BCUT2D eigenvalue weighted by atomic mass is 10.2. The molecule has 0 spiro atoms. The van der Waals surface area contributed by atoms with Gasteiger partial charge in [-0.25, -0.2) is 0 Å². The lowest BCUT2D eigenvalue weighted by Gasteiger charge is -2.32. The average Bonchev–Trinajstić information content (AvgIpc) is 2.98. The van der Waals surface area contributed by atoms with Crippen LogP contribution >= 0.6 is 0 Å². The predicted octanol–water partition coefficient (Wildman–Crippen LogP) is 0.583. The van der Waals surface area contributed by atoms with Crippen molar-refractivity contribution < 1.29 is 9.47 Å². The fourth-order valence-corrected chi connectivity index (χ4v) is 2.97. The minimum absolute atomic E-state index is 0.511. The minimum Gasteiger partial charge on any atom is -0.479 e. The Hall–Kier alpha value is -1.53. The molecule has 0 saturated carbocycles. The quantitative estimate of drug-likeness (QED) is 0.873. The lowest BCUT2D eigenvalue weighted by molar-refractivity contribution is 0.0209. The molecule has 110 valence electrons. The van der Waals surface area contributed by atoms with E-state index in [4.69, 9.17) is 15.2 Å². The summed E-state index contributed by atoms with van der Waals surface area (Å²) in [5, 5.41) is 0. The molecule has 6 heteroatoms. The van der Waals surface area contributed by atoms with Crippen LogP contribution in [-0.4, -0.2) is 62.4 Å². The number of anilines is 2. The third-order valence-corrected chi connectivity index (χ3v) is 4.12. The van der Waals surface area contributed by atoms with Crippen LogP contribution in [0, 0.1) is 0 Å². The van der Waals surface area contributed by atoms with Gasteiger partial charge in [0.1, 0.15) is 5.82 Å². The highest BCUT2D eigenvalue weighted by Crippen LogP contribution is 2.26. The molecular weight excluding hydrogens is 256 g/mol. The Labute approximate surface area is 119 Å². The van der Waals surface area contributed by atoms with Crippen LogP contribution in [-0.2, 0) is 4.74 Å². The molecule has 1 atom stereocenters. The van der Waals surface area contributed by atoms with Crippen molar-refractivity contribution in [1.82, 2.24) is 9.88 Å². The highest BCUT2D eigenvalue weighted by atomic mass is 16.5. The van der Waals surface area contributed by atoms with Crippen LogP contribution in [0.25, 0.3) is 0 Å². The largest absolute Gasteiger partial charge is 0.479 e. The first-order valence-corrected chi connectivity index (χ1v) is 7.15. The number of morpholine rings is 1. The highest BCUT2D eigenvalue weighted by Gasteiger charge is 2.29. The Morgan fingerprint density at radius 2 is 2.10 bits per heavy atom. The van der Waals surface area contributed by atoms with Crippen LogP contribution in [0.1, 0.15) is 6.42 Å². The summed E-state index contributed by atoms with van der Waals surface area (Å²) < 4.78 is 10.6. The van der Waals surface area contributed by atoms with Crippen molar-refractivity contribution in [3.05, 3.63) is 12.1 Å². The number of nitrogen functional groups attached to an aromatic ring is 1. The number of rotatable bonds is 3. The van der Waals surface area contributed by atoms with Gasteiger partial charge in [0, 0.05) is 32.2 Å². The number of pyridine rings is 1. The molecular formula is C14H22N4O2. The number of nitrogens with zero attached hydrogens (tertiary/aromatic N) is 3. The van der Waals surface area contributed by atoms with E-state index in [0.29, 0.717) is 17.6 Å². The SMILES string of the molecule is COc1nc(N2CCC(N3CCOCC3)C2)ccc1N. The monoisotopic (exact) mass is 278 g/mol. The molecule has 1 unspecified atom stereocenters. The number of nitrogens with two attached hydrogens (primary N) is 1. The summed E-state index contributed by atoms with van der Waals surface area (Å²) in [5.74, 6) is 1.46. The molecule has 0 bridgehead atoms. The number of aromatic nitrogens is 1. The van der Waals surface area contributed by atoms with Crippen LogP contribution in [0.5, 0.6) is 5.88 Å². The first-order valence-electron chi connectivity index (χ1n) is 7.15. The van der Waals surface area contributed by atoms with Gasteiger partial charge in [-0.2, -0.15) is 4.98 Å². The molecule has 2 aliphatic heterocycles. The zero-order valence-corrected chi connectivity index (χ0v) is 11.9. The van der Waals surface area contributed by atoms with E-state index in [1.807, 2.05) is 12.1 Å². The van der Waals surface area contributed by atoms with Crippen molar-refractivity contribution in [2.75, 3.05) is 57.1 Å². The molecule has 0 aliphatic carbocycles. The topological polar surface area (TPSA) is 63.8 Å². The van der Waals surface area contributed by atoms with Gasteiger partial charge in [0.05, 0.1) is 26.0 Å². The number of hydrogen-bond donors (Lipinski definition) is 1. The van der Waals surface area contributed by atoms with Crippen LogP contribution in [0.15, 0.2) is 12.1 Å². The number of methoxy groups -OCH3 is 1. The normalized spacial score (nSPS) is 24.1. The van der Waals surface area contributed by atoms with Crippen molar-refractivity contribution >= 4 is 11.5 Å². The maximum Gasteiger partial charge on any atom is 0.238 e. The first-order chi connectivity index (χ1) is 9.78. The standard InChI is InChI=1S/C14H22N4O2/c1-19-14-12(15)2-3-13(16-14)18-5-4-11(10-18)17-6-8-20-9-7-17/h2-3,11H,4-10,15H2,1H3. The molecule has 20 heavy (non-hydrogen) atoms. The van der Waals surface area contributed by atoms with E-state index in [1.165, 1.54) is 6.42 Å². The van der Waals surface area contributed by atoms with Crippen LogP contribution < -0.4 is 15.4 Å². The molecule has 6 nitrogen and oxygen atoms in total. The fourth-order valence-electron chi connectivity index (χ4n) is 2.97. The van der Waals surface area contributed by atoms with Crippen LogP contribution in [0.3, 0.4) is 0 Å². The van der Waals surface area contributed by atoms with Crippen molar-refractivity contribution in [3.8, 4) is 5.88 Å². The van der Waals surface area contributed by atoms with Gasteiger partial charge < -0.3 is 20.1 Å². The second kappa shape index (κ2) is 5.85. The third-order valence-electron chi connectivity index (χ3n) is 4.12. The predicted molar refractivity (Wildman–Crippen MR) is 78.2 cm³/mol. The van der Waals surface area contributed by atoms with Gasteiger partial charge in [-0.1, -0.05) is 0 Å². The zero-order valence-electron chi connectivity index (χ0n) is 11.9. The molecule has 0 radical (unpaired) electrons. The smallest absolute Gasteiger partial charge is 0.238 e. The lowest BCUT2D eigenvalue weighted by Crippen LogP contribution is -2.44. The Morgan fingerprint density at radius 3 is 2.85 bits per heavy atom. The van der Waals surface area contributed by atoms with E-state index in [1.54, 1.807) is 7.11 Å². The fraction of sp³-hybridized carbons (Fsp3) is 0.643. The van der Waals surface area contributed by atoms with Crippen LogP contribution in [0.4, 0.5) is 11.5 Å². The molecule has 2 aliphatic rings. The molecule has 2 saturated heterocycles. The van der Waals surface area contributed by atoms with Crippen molar-refractivity contribution in [2.45, 2.75) is 12.5 Å². The van der Waals surface area contributed by atoms with Gasteiger partial charge in [0.25, 0.3) is 0 Å². The van der Waals surface area contributed by atoms with E-state index < -0.39 is 0 Å². The summed E-state index contributed by atoms with van der Waals surface area (Å²) in [6.45, 7) is 5.82. The molecule has 0 amide bonds. The second-order valence-electron chi connectivity index (χ2n) is 5.30. The van der Waals surface area contributed by atoms with E-state index in [-0.39, 0.29) is 0 Å². The summed E-state index contributed by atoms with van der Waals surface area (Å²) in [4.78, 5) is 9.32. The summed E-state index contributed by atoms with van der Waals surface area (Å²) in [5.41, 5.74) is 6.40. The number of ether oxygens (including phenoxy) is 2. The van der Waals surface area contributed by atoms with E-state index in [9.17, 15) is 0 Å². The third kappa shape index (κ3) is 2.66. The van der Waals surface area contributed by atoms with Crippen molar-refractivity contribution in [1.29, 1.82) is 0 Å². The molecule has 3 heterocycles. The van der Waals surface area contributed by atoms with Crippen molar-refractivity contribution in [3.63, 3.8) is 0 Å². The van der Waals surface area contributed by atoms with Gasteiger partial charge in [0.15, 0.2) is 0 Å². The van der Waals surface area contributed by atoms with Gasteiger partial charge >= 0.3 is 0 Å². The summed E-state index contributed by atoms with van der Waals surface area (Å²) in [7, 11) is 1.60. The van der Waals surface area contributed by atoms with Crippen molar-refractivity contribution in [2.24, 2.45) is 0 Å². The van der Waals surface area contributed by atoms with E-state index >= 15 is 0 Å². The molecule has 1 aromatic rings. The van der Waals surface area contributed by atoms with Gasteiger partial charge in [-0.3, -0.25) is 4.90 Å². The minimum atomic E-state index is 0.511. The molecule has 2 fully saturated rings. The zero-order chi connectivity index (χ0) is 13.9. The Bertz CT molecular complexity index is 462. The highest BCUT2D eigenvalue weighted by molar-refractivity contribution is 5.55. The number of hydrogen-bond acceptors (Lipinski definition) is 6. The van der Waals surface area contributed by atoms with E-state index in [0.717, 1.165) is 45.2 Å². The van der Waals surface area contributed by atoms with Crippen LogP contribution in [0.2, 0.25) is 0 Å².